The van der Waals surface area contributed by atoms with Gasteiger partial charge in [-0.2, -0.15) is 0 Å². The van der Waals surface area contributed by atoms with Gasteiger partial charge in [0, 0.05) is 25.3 Å². The van der Waals surface area contributed by atoms with Gasteiger partial charge in [-0.25, -0.2) is 4.99 Å². The van der Waals surface area contributed by atoms with E-state index in [4.69, 9.17) is 5.73 Å². The smallest absolute Gasteiger partial charge is 0.253 e. The zero-order valence-corrected chi connectivity index (χ0v) is 15.5. The maximum absolute atomic E-state index is 11.8. The second-order valence-electron chi connectivity index (χ2n) is 5.09. The first-order chi connectivity index (χ1) is 10.6. The summed E-state index contributed by atoms with van der Waals surface area (Å²) in [6.07, 6.45) is 0. The highest BCUT2D eigenvalue weighted by Crippen LogP contribution is 2.08. The Balaban J connectivity index is 0.00000264. The van der Waals surface area contributed by atoms with Crippen molar-refractivity contribution in [2.24, 2.45) is 10.7 Å². The van der Waals surface area contributed by atoms with Gasteiger partial charge in [0.05, 0.1) is 6.54 Å². The minimum Gasteiger partial charge on any atom is -0.370 e. The van der Waals surface area contributed by atoms with Crippen molar-refractivity contribution in [1.29, 1.82) is 0 Å². The molecule has 0 heterocycles. The zero-order valence-electron chi connectivity index (χ0n) is 13.2. The molecular formula is C17H21IN4O. The van der Waals surface area contributed by atoms with E-state index in [-0.39, 0.29) is 29.9 Å². The van der Waals surface area contributed by atoms with Crippen molar-refractivity contribution in [1.82, 2.24) is 4.90 Å². The topological polar surface area (TPSA) is 70.7 Å². The molecule has 23 heavy (non-hydrogen) atoms. The van der Waals surface area contributed by atoms with E-state index >= 15 is 0 Å². The van der Waals surface area contributed by atoms with Crippen molar-refractivity contribution in [2.75, 3.05) is 19.4 Å². The molecule has 0 aromatic heterocycles. The Kier molecular flexibility index (Phi) is 7.53. The molecule has 2 aromatic rings. The van der Waals surface area contributed by atoms with E-state index in [2.05, 4.69) is 10.3 Å². The number of anilines is 1. The number of carbonyl (C=O) groups excluding carboxylic acids is 1. The van der Waals surface area contributed by atoms with Crippen molar-refractivity contribution in [3.05, 3.63) is 65.7 Å². The standard InChI is InChI=1S/C17H20N4O.HI/c1-21(2)16(22)14-10-8-13(9-11-14)12-19-17(18)20-15-6-4-3-5-7-15;/h3-11H,12H2,1-2H3,(H3,18,19,20);1H. The minimum atomic E-state index is -0.0136. The predicted octanol–water partition coefficient (Wildman–Crippen LogP) is 2.93. The molecule has 2 rings (SSSR count). The molecule has 1 amide bonds. The van der Waals surface area contributed by atoms with Crippen LogP contribution in [0.3, 0.4) is 0 Å². The lowest BCUT2D eigenvalue weighted by molar-refractivity contribution is 0.0827. The summed E-state index contributed by atoms with van der Waals surface area (Å²) in [6, 6.07) is 17.0. The lowest BCUT2D eigenvalue weighted by Crippen LogP contribution is -2.22. The Morgan fingerprint density at radius 1 is 1.09 bits per heavy atom. The molecule has 6 heteroatoms. The first kappa shape index (κ1) is 19.0. The fourth-order valence-electron chi connectivity index (χ4n) is 1.90. The van der Waals surface area contributed by atoms with Crippen molar-refractivity contribution in [3.63, 3.8) is 0 Å². The predicted molar refractivity (Wildman–Crippen MR) is 105 cm³/mol. The Morgan fingerprint density at radius 3 is 2.26 bits per heavy atom. The Labute approximate surface area is 153 Å². The number of hydrogen-bond acceptors (Lipinski definition) is 2. The number of benzene rings is 2. The number of para-hydroxylation sites is 1. The third-order valence-electron chi connectivity index (χ3n) is 3.09. The number of guanidine groups is 1. The van der Waals surface area contributed by atoms with Crippen LogP contribution in [0.5, 0.6) is 0 Å². The summed E-state index contributed by atoms with van der Waals surface area (Å²) in [5, 5.41) is 3.02. The monoisotopic (exact) mass is 424 g/mol. The van der Waals surface area contributed by atoms with Crippen molar-refractivity contribution >= 4 is 41.5 Å². The molecule has 0 saturated carbocycles. The van der Waals surface area contributed by atoms with Gasteiger partial charge < -0.3 is 16.0 Å². The van der Waals surface area contributed by atoms with E-state index < -0.39 is 0 Å². The fraction of sp³-hybridized carbons (Fsp3) is 0.176. The van der Waals surface area contributed by atoms with Crippen molar-refractivity contribution in [3.8, 4) is 0 Å². The van der Waals surface area contributed by atoms with Gasteiger partial charge in [-0.15, -0.1) is 24.0 Å². The Morgan fingerprint density at radius 2 is 1.70 bits per heavy atom. The van der Waals surface area contributed by atoms with Crippen LogP contribution in [0.4, 0.5) is 5.69 Å². The van der Waals surface area contributed by atoms with Crippen molar-refractivity contribution in [2.45, 2.75) is 6.54 Å². The number of nitrogens with one attached hydrogen (secondary N) is 1. The number of nitrogens with zero attached hydrogens (tertiary/aromatic N) is 2. The van der Waals surface area contributed by atoms with Crippen LogP contribution in [0.2, 0.25) is 0 Å². The summed E-state index contributed by atoms with van der Waals surface area (Å²) in [5.41, 5.74) is 8.40. The lowest BCUT2D eigenvalue weighted by atomic mass is 10.1. The van der Waals surface area contributed by atoms with Gasteiger partial charge >= 0.3 is 0 Å². The number of aliphatic imine (C=N–C) groups is 1. The summed E-state index contributed by atoms with van der Waals surface area (Å²) in [4.78, 5) is 17.6. The third kappa shape index (κ3) is 5.90. The molecule has 3 N–H and O–H groups in total. The molecule has 0 unspecified atom stereocenters. The van der Waals surface area contributed by atoms with Gasteiger partial charge in [-0.3, -0.25) is 4.79 Å². The number of carbonyl (C=O) groups is 1. The number of amides is 1. The van der Waals surface area contributed by atoms with Crippen LogP contribution in [-0.4, -0.2) is 30.9 Å². The molecule has 2 aromatic carbocycles. The summed E-state index contributed by atoms with van der Waals surface area (Å²) in [6.45, 7) is 0.460. The van der Waals surface area contributed by atoms with E-state index in [1.54, 1.807) is 31.1 Å². The van der Waals surface area contributed by atoms with Crippen LogP contribution in [0.25, 0.3) is 0 Å². The van der Waals surface area contributed by atoms with Gasteiger partial charge in [0.15, 0.2) is 5.96 Å². The van der Waals surface area contributed by atoms with Crippen LogP contribution in [0.15, 0.2) is 59.6 Å². The number of hydrogen-bond donors (Lipinski definition) is 2. The average Bonchev–Trinajstić information content (AvgIpc) is 2.53. The fourth-order valence-corrected chi connectivity index (χ4v) is 1.90. The van der Waals surface area contributed by atoms with Crippen LogP contribution >= 0.6 is 24.0 Å². The molecule has 0 aliphatic rings. The molecule has 0 fully saturated rings. The highest BCUT2D eigenvalue weighted by atomic mass is 127. The van der Waals surface area contributed by atoms with E-state index in [1.807, 2.05) is 42.5 Å². The summed E-state index contributed by atoms with van der Waals surface area (Å²) >= 11 is 0. The molecule has 0 aliphatic heterocycles. The maximum atomic E-state index is 11.8. The molecule has 0 atom stereocenters. The second kappa shape index (κ2) is 9.14. The van der Waals surface area contributed by atoms with E-state index in [1.165, 1.54) is 0 Å². The van der Waals surface area contributed by atoms with E-state index in [0.29, 0.717) is 18.1 Å². The third-order valence-corrected chi connectivity index (χ3v) is 3.09. The van der Waals surface area contributed by atoms with Crippen LogP contribution in [-0.2, 0) is 6.54 Å². The summed E-state index contributed by atoms with van der Waals surface area (Å²) in [7, 11) is 3.47. The van der Waals surface area contributed by atoms with Crippen LogP contribution in [0.1, 0.15) is 15.9 Å². The van der Waals surface area contributed by atoms with Gasteiger partial charge in [-0.1, -0.05) is 30.3 Å². The van der Waals surface area contributed by atoms with E-state index in [0.717, 1.165) is 11.3 Å². The van der Waals surface area contributed by atoms with Crippen LogP contribution in [0, 0.1) is 0 Å². The minimum absolute atomic E-state index is 0. The molecule has 0 spiro atoms. The number of rotatable bonds is 4. The number of nitrogens with two attached hydrogens (primary N) is 1. The molecule has 122 valence electrons. The summed E-state index contributed by atoms with van der Waals surface area (Å²) in [5.74, 6) is 0.347. The highest BCUT2D eigenvalue weighted by Gasteiger charge is 2.06. The van der Waals surface area contributed by atoms with Gasteiger partial charge in [0.25, 0.3) is 5.91 Å². The first-order valence-electron chi connectivity index (χ1n) is 6.99. The highest BCUT2D eigenvalue weighted by molar-refractivity contribution is 14.0. The van der Waals surface area contributed by atoms with Crippen LogP contribution < -0.4 is 11.1 Å². The maximum Gasteiger partial charge on any atom is 0.253 e. The van der Waals surface area contributed by atoms with Gasteiger partial charge in [0.2, 0.25) is 0 Å². The second-order valence-corrected chi connectivity index (χ2v) is 5.09. The SMILES string of the molecule is CN(C)C(=O)c1ccc(CN=C(N)Nc2ccccc2)cc1.I. The lowest BCUT2D eigenvalue weighted by Gasteiger charge is -2.10. The summed E-state index contributed by atoms with van der Waals surface area (Å²) < 4.78 is 0. The number of halogens is 1. The Hall–Kier alpha value is -2.09. The molecular weight excluding hydrogens is 403 g/mol. The molecule has 0 saturated heterocycles. The van der Waals surface area contributed by atoms with E-state index in [9.17, 15) is 4.79 Å². The Bertz CT molecular complexity index is 654. The zero-order chi connectivity index (χ0) is 15.9. The molecule has 0 radical (unpaired) electrons. The molecule has 5 nitrogen and oxygen atoms in total. The molecule has 0 bridgehead atoms. The average molecular weight is 424 g/mol. The largest absolute Gasteiger partial charge is 0.370 e. The van der Waals surface area contributed by atoms with Crippen molar-refractivity contribution < 1.29 is 4.79 Å². The van der Waals surface area contributed by atoms with Gasteiger partial charge in [0.1, 0.15) is 0 Å². The molecule has 0 aliphatic carbocycles. The van der Waals surface area contributed by atoms with Gasteiger partial charge in [-0.05, 0) is 29.8 Å². The normalized spacial score (nSPS) is 10.6. The first-order valence-corrected chi connectivity index (χ1v) is 6.99. The quantitative estimate of drug-likeness (QED) is 0.451.